The Morgan fingerprint density at radius 3 is 2.87 bits per heavy atom. The Morgan fingerprint density at radius 2 is 2.17 bits per heavy atom. The maximum Gasteiger partial charge on any atom is 0.222 e. The van der Waals surface area contributed by atoms with Crippen LogP contribution in [0.3, 0.4) is 0 Å². The summed E-state index contributed by atoms with van der Waals surface area (Å²) in [5, 5.41) is 3.21. The molecule has 1 fully saturated rings. The molecule has 1 aliphatic heterocycles. The molecule has 0 bridgehead atoms. The van der Waals surface area contributed by atoms with Crippen LogP contribution in [-0.4, -0.2) is 51.7 Å². The number of nitrogens with zero attached hydrogens (tertiary/aromatic N) is 1. The SMILES string of the molecule is CNCC1CCCN(C(=O)CCc2cc(OC)ccc2OC)C1. The van der Waals surface area contributed by atoms with E-state index in [2.05, 4.69) is 5.32 Å². The monoisotopic (exact) mass is 320 g/mol. The predicted molar refractivity (Wildman–Crippen MR) is 91.1 cm³/mol. The van der Waals surface area contributed by atoms with Crippen LogP contribution in [0.2, 0.25) is 0 Å². The number of ether oxygens (including phenoxy) is 2. The van der Waals surface area contributed by atoms with E-state index < -0.39 is 0 Å². The summed E-state index contributed by atoms with van der Waals surface area (Å²) in [6.07, 6.45) is 3.48. The third kappa shape index (κ3) is 4.86. The van der Waals surface area contributed by atoms with Gasteiger partial charge in [-0.3, -0.25) is 4.79 Å². The van der Waals surface area contributed by atoms with Crippen molar-refractivity contribution in [2.45, 2.75) is 25.7 Å². The molecular formula is C18H28N2O3. The molecule has 1 N–H and O–H groups in total. The Labute approximate surface area is 139 Å². The highest BCUT2D eigenvalue weighted by Crippen LogP contribution is 2.25. The average Bonchev–Trinajstić information content (AvgIpc) is 2.59. The average molecular weight is 320 g/mol. The summed E-state index contributed by atoms with van der Waals surface area (Å²) in [5.41, 5.74) is 1.02. The highest BCUT2D eigenvalue weighted by atomic mass is 16.5. The van der Waals surface area contributed by atoms with E-state index in [1.54, 1.807) is 14.2 Å². The van der Waals surface area contributed by atoms with E-state index in [9.17, 15) is 4.79 Å². The van der Waals surface area contributed by atoms with Gasteiger partial charge in [-0.15, -0.1) is 0 Å². The minimum absolute atomic E-state index is 0.232. The third-order valence-corrected chi connectivity index (χ3v) is 4.46. The number of hydrogen-bond acceptors (Lipinski definition) is 4. The lowest BCUT2D eigenvalue weighted by atomic mass is 9.97. The molecule has 0 spiro atoms. The molecule has 0 aromatic heterocycles. The van der Waals surface area contributed by atoms with Crippen LogP contribution in [0, 0.1) is 5.92 Å². The summed E-state index contributed by atoms with van der Waals surface area (Å²) >= 11 is 0. The first-order chi connectivity index (χ1) is 11.2. The predicted octanol–water partition coefficient (Wildman–Crippen LogP) is 2.09. The summed E-state index contributed by atoms with van der Waals surface area (Å²) < 4.78 is 10.6. The van der Waals surface area contributed by atoms with E-state index in [1.807, 2.05) is 30.1 Å². The van der Waals surface area contributed by atoms with E-state index in [-0.39, 0.29) is 5.91 Å². The quantitative estimate of drug-likeness (QED) is 0.836. The first-order valence-electron chi connectivity index (χ1n) is 8.31. The van der Waals surface area contributed by atoms with Gasteiger partial charge in [-0.25, -0.2) is 0 Å². The lowest BCUT2D eigenvalue weighted by Crippen LogP contribution is -2.42. The lowest BCUT2D eigenvalue weighted by molar-refractivity contribution is -0.132. The number of carbonyl (C=O) groups is 1. The van der Waals surface area contributed by atoms with Gasteiger partial charge in [-0.2, -0.15) is 0 Å². The van der Waals surface area contributed by atoms with Gasteiger partial charge in [0.15, 0.2) is 0 Å². The molecule has 5 nitrogen and oxygen atoms in total. The number of carbonyl (C=O) groups excluding carboxylic acids is 1. The Morgan fingerprint density at radius 1 is 1.35 bits per heavy atom. The summed E-state index contributed by atoms with van der Waals surface area (Å²) in [5.74, 6) is 2.41. The fourth-order valence-electron chi connectivity index (χ4n) is 3.22. The fourth-order valence-corrected chi connectivity index (χ4v) is 3.22. The van der Waals surface area contributed by atoms with Gasteiger partial charge < -0.3 is 19.7 Å². The smallest absolute Gasteiger partial charge is 0.222 e. The highest BCUT2D eigenvalue weighted by Gasteiger charge is 2.23. The second-order valence-corrected chi connectivity index (χ2v) is 6.08. The summed E-state index contributed by atoms with van der Waals surface area (Å²) in [7, 11) is 5.27. The van der Waals surface area contributed by atoms with Crippen molar-refractivity contribution >= 4 is 5.91 Å². The molecule has 1 heterocycles. The van der Waals surface area contributed by atoms with Crippen LogP contribution in [0.25, 0.3) is 0 Å². The van der Waals surface area contributed by atoms with Crippen molar-refractivity contribution in [2.75, 3.05) is 40.9 Å². The van der Waals surface area contributed by atoms with E-state index >= 15 is 0 Å². The van der Waals surface area contributed by atoms with Gasteiger partial charge >= 0.3 is 0 Å². The number of hydrogen-bond donors (Lipinski definition) is 1. The number of aryl methyl sites for hydroxylation is 1. The lowest BCUT2D eigenvalue weighted by Gasteiger charge is -2.32. The van der Waals surface area contributed by atoms with Crippen molar-refractivity contribution in [2.24, 2.45) is 5.92 Å². The molecule has 2 rings (SSSR count). The third-order valence-electron chi connectivity index (χ3n) is 4.46. The number of methoxy groups -OCH3 is 2. The fraction of sp³-hybridized carbons (Fsp3) is 0.611. The van der Waals surface area contributed by atoms with Gasteiger partial charge in [0.1, 0.15) is 11.5 Å². The molecule has 0 saturated carbocycles. The molecule has 0 aliphatic carbocycles. The summed E-state index contributed by atoms with van der Waals surface area (Å²) in [6.45, 7) is 2.73. The van der Waals surface area contributed by atoms with Crippen LogP contribution in [0.4, 0.5) is 0 Å². The molecule has 0 radical (unpaired) electrons. The Balaban J connectivity index is 1.93. The standard InChI is InChI=1S/C18H28N2O3/c1-19-12-14-5-4-10-20(13-14)18(21)9-6-15-11-16(22-2)7-8-17(15)23-3/h7-8,11,14,19H,4-6,9-10,12-13H2,1-3H3. The number of amides is 1. The van der Waals surface area contributed by atoms with Gasteiger partial charge in [0.25, 0.3) is 0 Å². The van der Waals surface area contributed by atoms with Gasteiger partial charge in [0.05, 0.1) is 14.2 Å². The molecular weight excluding hydrogens is 292 g/mol. The number of rotatable bonds is 7. The summed E-state index contributed by atoms with van der Waals surface area (Å²) in [4.78, 5) is 14.5. The van der Waals surface area contributed by atoms with Gasteiger partial charge in [0, 0.05) is 19.5 Å². The van der Waals surface area contributed by atoms with Crippen LogP contribution < -0.4 is 14.8 Å². The number of likely N-dealkylation sites (tertiary alicyclic amines) is 1. The maximum absolute atomic E-state index is 12.5. The van der Waals surface area contributed by atoms with Crippen molar-refractivity contribution in [1.82, 2.24) is 10.2 Å². The van der Waals surface area contributed by atoms with Crippen LogP contribution in [-0.2, 0) is 11.2 Å². The van der Waals surface area contributed by atoms with Crippen molar-refractivity contribution in [3.63, 3.8) is 0 Å². The zero-order chi connectivity index (χ0) is 16.7. The minimum atomic E-state index is 0.232. The molecule has 1 atom stereocenters. The number of nitrogens with one attached hydrogen (secondary N) is 1. The largest absolute Gasteiger partial charge is 0.497 e. The van der Waals surface area contributed by atoms with E-state index in [0.29, 0.717) is 18.8 Å². The molecule has 1 amide bonds. The van der Waals surface area contributed by atoms with Crippen LogP contribution >= 0.6 is 0 Å². The van der Waals surface area contributed by atoms with Crippen molar-refractivity contribution in [3.8, 4) is 11.5 Å². The molecule has 1 saturated heterocycles. The molecule has 1 unspecified atom stereocenters. The minimum Gasteiger partial charge on any atom is -0.497 e. The molecule has 23 heavy (non-hydrogen) atoms. The van der Waals surface area contributed by atoms with Crippen LogP contribution in [0.1, 0.15) is 24.8 Å². The Bertz CT molecular complexity index is 517. The summed E-state index contributed by atoms with van der Waals surface area (Å²) in [6, 6.07) is 5.71. The second kappa shape index (κ2) is 8.77. The van der Waals surface area contributed by atoms with E-state index in [1.165, 1.54) is 6.42 Å². The topological polar surface area (TPSA) is 50.8 Å². The second-order valence-electron chi connectivity index (χ2n) is 6.08. The first-order valence-corrected chi connectivity index (χ1v) is 8.31. The highest BCUT2D eigenvalue weighted by molar-refractivity contribution is 5.76. The van der Waals surface area contributed by atoms with Gasteiger partial charge in [-0.05, 0) is 62.5 Å². The molecule has 1 aliphatic rings. The maximum atomic E-state index is 12.5. The zero-order valence-electron chi connectivity index (χ0n) is 14.4. The van der Waals surface area contributed by atoms with Crippen molar-refractivity contribution in [3.05, 3.63) is 23.8 Å². The Kier molecular flexibility index (Phi) is 6.71. The Hall–Kier alpha value is -1.75. The normalized spacial score (nSPS) is 17.9. The molecule has 1 aromatic rings. The number of piperidine rings is 1. The van der Waals surface area contributed by atoms with Crippen LogP contribution in [0.15, 0.2) is 18.2 Å². The molecule has 128 valence electrons. The molecule has 5 heteroatoms. The van der Waals surface area contributed by atoms with Gasteiger partial charge in [0.2, 0.25) is 5.91 Å². The van der Waals surface area contributed by atoms with E-state index in [4.69, 9.17) is 9.47 Å². The van der Waals surface area contributed by atoms with Gasteiger partial charge in [-0.1, -0.05) is 0 Å². The van der Waals surface area contributed by atoms with Crippen LogP contribution in [0.5, 0.6) is 11.5 Å². The van der Waals surface area contributed by atoms with Crippen molar-refractivity contribution in [1.29, 1.82) is 0 Å². The molecule has 1 aromatic carbocycles. The zero-order valence-corrected chi connectivity index (χ0v) is 14.4. The number of benzene rings is 1. The van der Waals surface area contributed by atoms with Crippen molar-refractivity contribution < 1.29 is 14.3 Å². The first kappa shape index (κ1) is 17.6. The van der Waals surface area contributed by atoms with E-state index in [0.717, 1.165) is 43.1 Å².